The Balaban J connectivity index is 2.05. The van der Waals surface area contributed by atoms with Gasteiger partial charge in [0.1, 0.15) is 0 Å². The van der Waals surface area contributed by atoms with Gasteiger partial charge in [-0.3, -0.25) is 0 Å². The fourth-order valence-electron chi connectivity index (χ4n) is 1.67. The Morgan fingerprint density at radius 1 is 1.47 bits per heavy atom. The van der Waals surface area contributed by atoms with E-state index in [4.69, 9.17) is 15.0 Å². The van der Waals surface area contributed by atoms with Gasteiger partial charge in [0.25, 0.3) is 0 Å². The van der Waals surface area contributed by atoms with Gasteiger partial charge in [0.05, 0.1) is 0 Å². The third kappa shape index (κ3) is 2.35. The zero-order chi connectivity index (χ0) is 10.7. The summed E-state index contributed by atoms with van der Waals surface area (Å²) >= 11 is 0. The Morgan fingerprint density at radius 2 is 2.20 bits per heavy atom. The largest absolute Gasteiger partial charge is 0.381 e. The first-order chi connectivity index (χ1) is 7.31. The fraction of sp³-hybridized carbons (Fsp3) is 0.800. The quantitative estimate of drug-likeness (QED) is 0.808. The summed E-state index contributed by atoms with van der Waals surface area (Å²) in [6.07, 6.45) is 1.96. The predicted molar refractivity (Wildman–Crippen MR) is 54.6 cm³/mol. The van der Waals surface area contributed by atoms with Crippen LogP contribution in [0.15, 0.2) is 4.52 Å². The average Bonchev–Trinajstić information content (AvgIpc) is 2.78. The van der Waals surface area contributed by atoms with Crippen LogP contribution in [0.2, 0.25) is 0 Å². The van der Waals surface area contributed by atoms with Gasteiger partial charge in [-0.25, -0.2) is 0 Å². The summed E-state index contributed by atoms with van der Waals surface area (Å²) < 4.78 is 10.5. The van der Waals surface area contributed by atoms with Crippen molar-refractivity contribution in [3.63, 3.8) is 0 Å². The first kappa shape index (κ1) is 10.6. The highest BCUT2D eigenvalue weighted by Crippen LogP contribution is 2.25. The summed E-state index contributed by atoms with van der Waals surface area (Å²) in [5, 5.41) is 4.01. The van der Waals surface area contributed by atoms with Crippen LogP contribution in [-0.4, -0.2) is 29.9 Å². The molecule has 0 aromatic carbocycles. The molecule has 1 aromatic rings. The zero-order valence-electron chi connectivity index (χ0n) is 8.98. The normalized spacial score (nSPS) is 20.4. The van der Waals surface area contributed by atoms with Crippen molar-refractivity contribution in [3.05, 3.63) is 11.7 Å². The molecule has 1 aliphatic heterocycles. The van der Waals surface area contributed by atoms with Gasteiger partial charge in [0.2, 0.25) is 5.89 Å². The first-order valence-corrected chi connectivity index (χ1v) is 5.42. The topological polar surface area (TPSA) is 74.2 Å². The maximum absolute atomic E-state index is 5.54. The minimum absolute atomic E-state index is 0.145. The lowest BCUT2D eigenvalue weighted by atomic mass is 10.00. The summed E-state index contributed by atoms with van der Waals surface area (Å²) in [5.74, 6) is 2.00. The van der Waals surface area contributed by atoms with Crippen LogP contribution in [0.4, 0.5) is 0 Å². The fourth-order valence-corrected chi connectivity index (χ4v) is 1.67. The summed E-state index contributed by atoms with van der Waals surface area (Å²) in [5.41, 5.74) is 5.54. The highest BCUT2D eigenvalue weighted by Gasteiger charge is 2.22. The molecule has 5 nitrogen and oxygen atoms in total. The molecule has 2 heterocycles. The summed E-state index contributed by atoms with van der Waals surface area (Å²) in [7, 11) is 0. The van der Waals surface area contributed by atoms with E-state index >= 15 is 0 Å². The Hall–Kier alpha value is -0.940. The Morgan fingerprint density at radius 3 is 2.87 bits per heavy atom. The maximum atomic E-state index is 5.54. The number of nitrogens with zero attached hydrogens (tertiary/aromatic N) is 2. The van der Waals surface area contributed by atoms with Crippen LogP contribution in [0.1, 0.15) is 43.3 Å². The van der Waals surface area contributed by atoms with Gasteiger partial charge in [-0.2, -0.15) is 4.98 Å². The number of aromatic nitrogens is 2. The molecule has 1 saturated heterocycles. The van der Waals surface area contributed by atoms with Crippen molar-refractivity contribution in [3.8, 4) is 0 Å². The van der Waals surface area contributed by atoms with Crippen molar-refractivity contribution in [1.29, 1.82) is 0 Å². The summed E-state index contributed by atoms with van der Waals surface area (Å²) in [6.45, 7) is 4.11. The van der Waals surface area contributed by atoms with Gasteiger partial charge < -0.3 is 15.0 Å². The van der Waals surface area contributed by atoms with Gasteiger partial charge in [0.15, 0.2) is 5.82 Å². The molecule has 2 N–H and O–H groups in total. The van der Waals surface area contributed by atoms with E-state index in [-0.39, 0.29) is 5.92 Å². The van der Waals surface area contributed by atoms with E-state index in [1.165, 1.54) is 0 Å². The zero-order valence-corrected chi connectivity index (χ0v) is 8.98. The van der Waals surface area contributed by atoms with Crippen LogP contribution in [-0.2, 0) is 4.74 Å². The van der Waals surface area contributed by atoms with E-state index in [2.05, 4.69) is 10.1 Å². The van der Waals surface area contributed by atoms with Crippen molar-refractivity contribution >= 4 is 0 Å². The molecule has 0 saturated carbocycles. The van der Waals surface area contributed by atoms with E-state index in [0.717, 1.165) is 31.9 Å². The van der Waals surface area contributed by atoms with Crippen molar-refractivity contribution in [1.82, 2.24) is 10.1 Å². The van der Waals surface area contributed by atoms with Crippen molar-refractivity contribution in [2.24, 2.45) is 5.73 Å². The van der Waals surface area contributed by atoms with Gasteiger partial charge in [-0.15, -0.1) is 0 Å². The van der Waals surface area contributed by atoms with E-state index in [9.17, 15) is 0 Å². The second-order valence-electron chi connectivity index (χ2n) is 4.01. The Bertz CT molecular complexity index is 307. The lowest BCUT2D eigenvalue weighted by Crippen LogP contribution is -2.15. The minimum atomic E-state index is 0.145. The molecule has 0 spiro atoms. The number of hydrogen-bond donors (Lipinski definition) is 1. The molecule has 1 aliphatic rings. The van der Waals surface area contributed by atoms with Gasteiger partial charge in [-0.05, 0) is 12.8 Å². The number of rotatable bonds is 3. The van der Waals surface area contributed by atoms with E-state index in [1.54, 1.807) is 0 Å². The van der Waals surface area contributed by atoms with Crippen LogP contribution >= 0.6 is 0 Å². The molecule has 84 valence electrons. The number of nitrogens with two attached hydrogens (primary N) is 1. The third-order valence-electron chi connectivity index (χ3n) is 2.82. The van der Waals surface area contributed by atoms with E-state index < -0.39 is 0 Å². The standard InChI is InChI=1S/C10H17N3O2/c1-7(6-11)10-12-9(13-15-10)8-2-4-14-5-3-8/h7-8H,2-6,11H2,1H3. The van der Waals surface area contributed by atoms with Crippen LogP contribution in [0, 0.1) is 0 Å². The highest BCUT2D eigenvalue weighted by atomic mass is 16.5. The summed E-state index contributed by atoms with van der Waals surface area (Å²) in [6, 6.07) is 0. The third-order valence-corrected chi connectivity index (χ3v) is 2.82. The van der Waals surface area contributed by atoms with Gasteiger partial charge >= 0.3 is 0 Å². The van der Waals surface area contributed by atoms with Crippen LogP contribution in [0.5, 0.6) is 0 Å². The van der Waals surface area contributed by atoms with Gasteiger partial charge in [-0.1, -0.05) is 12.1 Å². The Kier molecular flexibility index (Phi) is 3.33. The smallest absolute Gasteiger partial charge is 0.230 e. The maximum Gasteiger partial charge on any atom is 0.230 e. The average molecular weight is 211 g/mol. The number of ether oxygens (including phenoxy) is 1. The monoisotopic (exact) mass is 211 g/mol. The van der Waals surface area contributed by atoms with Crippen molar-refractivity contribution in [2.75, 3.05) is 19.8 Å². The predicted octanol–water partition coefficient (Wildman–Crippen LogP) is 1.03. The van der Waals surface area contributed by atoms with Crippen LogP contribution in [0.3, 0.4) is 0 Å². The van der Waals surface area contributed by atoms with Gasteiger partial charge in [0, 0.05) is 31.6 Å². The molecule has 1 unspecified atom stereocenters. The second-order valence-corrected chi connectivity index (χ2v) is 4.01. The number of hydrogen-bond acceptors (Lipinski definition) is 5. The van der Waals surface area contributed by atoms with Crippen LogP contribution < -0.4 is 5.73 Å². The highest BCUT2D eigenvalue weighted by molar-refractivity contribution is 4.99. The lowest BCUT2D eigenvalue weighted by molar-refractivity contribution is 0.0830. The molecule has 1 fully saturated rings. The molecule has 0 bridgehead atoms. The van der Waals surface area contributed by atoms with E-state index in [0.29, 0.717) is 18.4 Å². The van der Waals surface area contributed by atoms with Crippen molar-refractivity contribution in [2.45, 2.75) is 31.6 Å². The van der Waals surface area contributed by atoms with Crippen molar-refractivity contribution < 1.29 is 9.26 Å². The lowest BCUT2D eigenvalue weighted by Gasteiger charge is -2.18. The second kappa shape index (κ2) is 4.72. The van der Waals surface area contributed by atoms with Crippen LogP contribution in [0.25, 0.3) is 0 Å². The summed E-state index contributed by atoms with van der Waals surface area (Å²) in [4.78, 5) is 4.39. The molecule has 2 rings (SSSR count). The minimum Gasteiger partial charge on any atom is -0.381 e. The molecule has 15 heavy (non-hydrogen) atoms. The molecule has 0 amide bonds. The molecule has 5 heteroatoms. The Labute approximate surface area is 89.0 Å². The molecule has 0 aliphatic carbocycles. The molecular weight excluding hydrogens is 194 g/mol. The molecule has 1 atom stereocenters. The first-order valence-electron chi connectivity index (χ1n) is 5.42. The molecule has 1 aromatic heterocycles. The molecule has 0 radical (unpaired) electrons. The van der Waals surface area contributed by atoms with E-state index in [1.807, 2.05) is 6.92 Å². The molecular formula is C10H17N3O2. The SMILES string of the molecule is CC(CN)c1nc(C2CCOCC2)no1.